The van der Waals surface area contributed by atoms with Crippen LogP contribution in [0, 0.1) is 30.1 Å². The van der Waals surface area contributed by atoms with Gasteiger partial charge in [0.1, 0.15) is 11.5 Å². The van der Waals surface area contributed by atoms with E-state index in [4.69, 9.17) is 28.2 Å². The largest absolute Gasteiger partial charge is 0.457 e. The highest BCUT2D eigenvalue weighted by molar-refractivity contribution is 7.80. The number of furan rings is 1. The maximum Gasteiger partial charge on any atom is 0.250 e. The van der Waals surface area contributed by atoms with Crippen molar-refractivity contribution in [1.29, 1.82) is 0 Å². The Morgan fingerprint density at radius 2 is 1.82 bits per heavy atom. The Morgan fingerprint density at radius 1 is 1.15 bits per heavy atom. The number of nitrogens with one attached hydrogen (secondary N) is 2. The maximum atomic E-state index is 12.4. The van der Waals surface area contributed by atoms with Crippen LogP contribution in [0.1, 0.15) is 56.8 Å². The van der Waals surface area contributed by atoms with Crippen LogP contribution in [-0.4, -0.2) is 17.1 Å². The molecule has 0 aliphatic heterocycles. The molecule has 2 aromatic rings. The molecule has 1 heterocycles. The molecule has 1 amide bonds. The summed E-state index contributed by atoms with van der Waals surface area (Å²) in [6.45, 7) is 4.20. The molecule has 1 atom stereocenters. The van der Waals surface area contributed by atoms with Crippen molar-refractivity contribution in [3.05, 3.63) is 52.8 Å². The van der Waals surface area contributed by atoms with Crippen LogP contribution in [-0.2, 0) is 4.79 Å². The summed E-state index contributed by atoms with van der Waals surface area (Å²) in [5, 5.41) is 7.34. The van der Waals surface area contributed by atoms with Gasteiger partial charge in [0.15, 0.2) is 5.11 Å². The van der Waals surface area contributed by atoms with Crippen molar-refractivity contribution >= 4 is 40.9 Å². The topological polar surface area (TPSA) is 54.3 Å². The first-order valence-electron chi connectivity index (χ1n) is 12.0. The molecule has 1 unspecified atom stereocenters. The zero-order valence-electron chi connectivity index (χ0n) is 19.2. The van der Waals surface area contributed by atoms with Gasteiger partial charge in [-0.25, -0.2) is 0 Å². The van der Waals surface area contributed by atoms with Gasteiger partial charge in [-0.3, -0.25) is 10.1 Å². The molecule has 4 fully saturated rings. The van der Waals surface area contributed by atoms with E-state index in [1.54, 1.807) is 6.08 Å². The summed E-state index contributed by atoms with van der Waals surface area (Å²) in [6, 6.07) is 9.79. The van der Waals surface area contributed by atoms with Gasteiger partial charge >= 0.3 is 0 Å². The minimum absolute atomic E-state index is 0.262. The van der Waals surface area contributed by atoms with Crippen molar-refractivity contribution in [2.24, 2.45) is 23.2 Å². The van der Waals surface area contributed by atoms with E-state index in [0.717, 1.165) is 28.9 Å². The monoisotopic (exact) mass is 482 g/mol. The van der Waals surface area contributed by atoms with Crippen molar-refractivity contribution < 1.29 is 9.21 Å². The molecule has 4 aliphatic rings. The third kappa shape index (κ3) is 4.76. The van der Waals surface area contributed by atoms with Crippen LogP contribution in [0.15, 0.2) is 40.8 Å². The number of amides is 1. The van der Waals surface area contributed by atoms with E-state index in [2.05, 4.69) is 17.6 Å². The van der Waals surface area contributed by atoms with Gasteiger partial charge in [0.05, 0.1) is 0 Å². The van der Waals surface area contributed by atoms with Crippen LogP contribution in [0.4, 0.5) is 0 Å². The van der Waals surface area contributed by atoms with Crippen LogP contribution >= 0.6 is 23.8 Å². The molecule has 174 valence electrons. The lowest BCUT2D eigenvalue weighted by molar-refractivity contribution is -0.115. The molecule has 0 spiro atoms. The molecule has 4 saturated carbocycles. The minimum Gasteiger partial charge on any atom is -0.457 e. The summed E-state index contributed by atoms with van der Waals surface area (Å²) < 4.78 is 5.85. The normalized spacial score (nSPS) is 28.8. The Hall–Kier alpha value is -2.11. The third-order valence-corrected chi connectivity index (χ3v) is 8.70. The second-order valence-electron chi connectivity index (χ2n) is 10.5. The Labute approximate surface area is 206 Å². The predicted octanol–water partition coefficient (Wildman–Crippen LogP) is 6.52. The molecule has 6 rings (SSSR count). The number of carbonyl (C=O) groups excluding carboxylic acids is 1. The van der Waals surface area contributed by atoms with Gasteiger partial charge in [-0.15, -0.1) is 0 Å². The molecule has 1 aromatic heterocycles. The van der Waals surface area contributed by atoms with E-state index in [1.165, 1.54) is 44.6 Å². The van der Waals surface area contributed by atoms with E-state index in [-0.39, 0.29) is 11.9 Å². The van der Waals surface area contributed by atoms with Gasteiger partial charge in [0, 0.05) is 22.7 Å². The van der Waals surface area contributed by atoms with Crippen molar-refractivity contribution in [3.63, 3.8) is 0 Å². The fourth-order valence-corrected chi connectivity index (χ4v) is 7.21. The van der Waals surface area contributed by atoms with Crippen LogP contribution in [0.25, 0.3) is 17.4 Å². The van der Waals surface area contributed by atoms with Crippen LogP contribution in [0.2, 0.25) is 5.02 Å². The summed E-state index contributed by atoms with van der Waals surface area (Å²) in [5.41, 5.74) is 2.26. The molecule has 6 heteroatoms. The first kappa shape index (κ1) is 22.7. The average Bonchev–Trinajstić information content (AvgIpc) is 3.22. The standard InChI is InChI=1S/C27H31ClN2O2S/c1-16-3-4-21(12-23(16)28)24-7-5-22(32-24)6-8-25(31)30-26(33)29-17(2)27-13-18-9-19(14-27)11-20(10-18)15-27/h3-8,12,17-20H,9-11,13-15H2,1-2H3,(H2,29,30,31,33)/b8-6+. The van der Waals surface area contributed by atoms with E-state index >= 15 is 0 Å². The van der Waals surface area contributed by atoms with Gasteiger partial charge in [-0.2, -0.15) is 0 Å². The zero-order chi connectivity index (χ0) is 23.2. The van der Waals surface area contributed by atoms with Crippen LogP contribution in [0.3, 0.4) is 0 Å². The van der Waals surface area contributed by atoms with E-state index in [9.17, 15) is 4.79 Å². The molecule has 33 heavy (non-hydrogen) atoms. The van der Waals surface area contributed by atoms with Gasteiger partial charge in [-0.1, -0.05) is 23.7 Å². The second kappa shape index (κ2) is 8.92. The molecule has 4 bridgehead atoms. The van der Waals surface area contributed by atoms with E-state index < -0.39 is 0 Å². The summed E-state index contributed by atoms with van der Waals surface area (Å²) in [6.07, 6.45) is 11.3. The van der Waals surface area contributed by atoms with Crippen molar-refractivity contribution in [2.75, 3.05) is 0 Å². The second-order valence-corrected chi connectivity index (χ2v) is 11.3. The predicted molar refractivity (Wildman–Crippen MR) is 137 cm³/mol. The maximum absolute atomic E-state index is 12.4. The summed E-state index contributed by atoms with van der Waals surface area (Å²) in [7, 11) is 0. The minimum atomic E-state index is -0.262. The first-order valence-corrected chi connectivity index (χ1v) is 12.7. The smallest absolute Gasteiger partial charge is 0.250 e. The molecule has 2 N–H and O–H groups in total. The molecule has 4 nitrogen and oxygen atoms in total. The molecule has 0 saturated heterocycles. The first-order chi connectivity index (χ1) is 15.8. The Morgan fingerprint density at radius 3 is 2.45 bits per heavy atom. The number of hydrogen-bond acceptors (Lipinski definition) is 3. The Kier molecular flexibility index (Phi) is 6.13. The fourth-order valence-electron chi connectivity index (χ4n) is 6.75. The lowest BCUT2D eigenvalue weighted by atomic mass is 9.48. The van der Waals surface area contributed by atoms with Crippen LogP contribution in [0.5, 0.6) is 0 Å². The number of halogens is 1. The van der Waals surface area contributed by atoms with Gasteiger partial charge in [-0.05, 0) is 118 Å². The fraction of sp³-hybridized carbons (Fsp3) is 0.481. The van der Waals surface area contributed by atoms with E-state index in [0.29, 0.717) is 27.1 Å². The van der Waals surface area contributed by atoms with Crippen molar-refractivity contribution in [1.82, 2.24) is 10.6 Å². The van der Waals surface area contributed by atoms with Gasteiger partial charge in [0.2, 0.25) is 5.91 Å². The highest BCUT2D eigenvalue weighted by Crippen LogP contribution is 2.61. The van der Waals surface area contributed by atoms with Crippen molar-refractivity contribution in [3.8, 4) is 11.3 Å². The quantitative estimate of drug-likeness (QED) is 0.376. The number of thiocarbonyl (C=S) groups is 1. The van der Waals surface area contributed by atoms with Crippen LogP contribution < -0.4 is 10.6 Å². The highest BCUT2D eigenvalue weighted by atomic mass is 35.5. The molecular weight excluding hydrogens is 452 g/mol. The molecular formula is C27H31ClN2O2S. The lowest BCUT2D eigenvalue weighted by Gasteiger charge is -2.59. The van der Waals surface area contributed by atoms with Gasteiger partial charge < -0.3 is 9.73 Å². The summed E-state index contributed by atoms with van der Waals surface area (Å²) in [5.74, 6) is 3.71. The molecule has 1 aromatic carbocycles. The number of carbonyl (C=O) groups is 1. The summed E-state index contributed by atoms with van der Waals surface area (Å²) >= 11 is 11.7. The average molecular weight is 483 g/mol. The Bertz CT molecular complexity index is 1070. The lowest BCUT2D eigenvalue weighted by Crippen LogP contribution is -2.57. The number of rotatable bonds is 5. The summed E-state index contributed by atoms with van der Waals surface area (Å²) in [4.78, 5) is 12.4. The number of hydrogen-bond donors (Lipinski definition) is 2. The Balaban J connectivity index is 1.15. The SMILES string of the molecule is Cc1ccc(-c2ccc(/C=C/C(=O)NC(=S)NC(C)C34CC5CC(CC(C5)C3)C4)o2)cc1Cl. The van der Waals surface area contributed by atoms with Crippen molar-refractivity contribution in [2.45, 2.75) is 58.4 Å². The molecule has 0 radical (unpaired) electrons. The van der Waals surface area contributed by atoms with E-state index in [1.807, 2.05) is 37.3 Å². The molecule has 4 aliphatic carbocycles. The third-order valence-electron chi connectivity index (χ3n) is 8.07. The number of benzene rings is 1. The number of aryl methyl sites for hydroxylation is 1. The van der Waals surface area contributed by atoms with Gasteiger partial charge in [0.25, 0.3) is 0 Å². The zero-order valence-corrected chi connectivity index (χ0v) is 20.8. The highest BCUT2D eigenvalue weighted by Gasteiger charge is 2.53.